The first-order valence-corrected chi connectivity index (χ1v) is 7.65. The lowest BCUT2D eigenvalue weighted by Gasteiger charge is -2.16. The number of nitrogens with one attached hydrogen (secondary N) is 1. The van der Waals surface area contributed by atoms with E-state index in [0.717, 1.165) is 46.6 Å². The van der Waals surface area contributed by atoms with E-state index in [0.29, 0.717) is 0 Å². The van der Waals surface area contributed by atoms with Crippen molar-refractivity contribution in [2.24, 2.45) is 5.84 Å². The summed E-state index contributed by atoms with van der Waals surface area (Å²) < 4.78 is 8.49. The highest BCUT2D eigenvalue weighted by molar-refractivity contribution is 9.10. The van der Waals surface area contributed by atoms with Crippen LogP contribution in [0.3, 0.4) is 0 Å². The van der Waals surface area contributed by atoms with Gasteiger partial charge in [-0.25, -0.2) is 0 Å². The Balaban J connectivity index is 2.32. The molecule has 5 nitrogen and oxygen atoms in total. The van der Waals surface area contributed by atoms with Gasteiger partial charge in [0.05, 0.1) is 28.2 Å². The molecule has 1 atom stereocenters. The first-order chi connectivity index (χ1) is 9.62. The molecule has 0 saturated carbocycles. The topological polar surface area (TPSA) is 69.0 Å². The van der Waals surface area contributed by atoms with E-state index < -0.39 is 0 Å². The summed E-state index contributed by atoms with van der Waals surface area (Å²) >= 11 is 3.67. The van der Waals surface area contributed by atoms with Crippen molar-refractivity contribution in [3.05, 3.63) is 39.5 Å². The Bertz CT molecular complexity index is 576. The number of nitrogens with two attached hydrogens (primary N) is 1. The minimum absolute atomic E-state index is 0.0109. The second kappa shape index (κ2) is 6.56. The summed E-state index contributed by atoms with van der Waals surface area (Å²) in [5.74, 6) is 6.62. The van der Waals surface area contributed by atoms with Crippen LogP contribution in [-0.2, 0) is 19.4 Å². The van der Waals surface area contributed by atoms with Crippen LogP contribution in [0.1, 0.15) is 42.6 Å². The van der Waals surface area contributed by atoms with Crippen LogP contribution in [0.15, 0.2) is 21.2 Å². The molecule has 2 heterocycles. The van der Waals surface area contributed by atoms with Crippen LogP contribution in [0.5, 0.6) is 0 Å². The van der Waals surface area contributed by atoms with Gasteiger partial charge in [0.2, 0.25) is 0 Å². The maximum atomic E-state index is 5.72. The third-order valence-electron chi connectivity index (χ3n) is 3.57. The average molecular weight is 341 g/mol. The number of furan rings is 1. The monoisotopic (exact) mass is 340 g/mol. The zero-order chi connectivity index (χ0) is 14.7. The molecule has 1 unspecified atom stereocenters. The van der Waals surface area contributed by atoms with E-state index in [2.05, 4.69) is 40.3 Å². The van der Waals surface area contributed by atoms with E-state index in [1.165, 1.54) is 0 Å². The van der Waals surface area contributed by atoms with E-state index in [9.17, 15) is 0 Å². The van der Waals surface area contributed by atoms with Gasteiger partial charge in [-0.05, 0) is 42.3 Å². The number of hydrazine groups is 1. The molecular formula is C14H21BrN4O. The maximum absolute atomic E-state index is 5.72. The van der Waals surface area contributed by atoms with Gasteiger partial charge in [0.1, 0.15) is 5.76 Å². The molecular weight excluding hydrogens is 320 g/mol. The van der Waals surface area contributed by atoms with Crippen LogP contribution < -0.4 is 11.3 Å². The fourth-order valence-electron chi connectivity index (χ4n) is 2.42. The summed E-state index contributed by atoms with van der Waals surface area (Å²) in [5.41, 5.74) is 6.21. The molecule has 20 heavy (non-hydrogen) atoms. The highest BCUT2D eigenvalue weighted by Gasteiger charge is 2.21. The molecule has 3 N–H and O–H groups in total. The Labute approximate surface area is 127 Å². The fourth-order valence-corrected chi connectivity index (χ4v) is 3.15. The number of nitrogens with zero attached hydrogens (tertiary/aromatic N) is 2. The molecule has 0 aliphatic carbocycles. The lowest BCUT2D eigenvalue weighted by molar-refractivity contribution is 0.488. The van der Waals surface area contributed by atoms with Crippen molar-refractivity contribution in [3.63, 3.8) is 0 Å². The smallest absolute Gasteiger partial charge is 0.105 e. The van der Waals surface area contributed by atoms with E-state index in [1.54, 1.807) is 6.26 Å². The molecule has 2 aromatic heterocycles. The average Bonchev–Trinajstić information content (AvgIpc) is 3.00. The quantitative estimate of drug-likeness (QED) is 0.626. The Morgan fingerprint density at radius 3 is 2.75 bits per heavy atom. The van der Waals surface area contributed by atoms with E-state index >= 15 is 0 Å². The third-order valence-corrected chi connectivity index (χ3v) is 4.48. The number of hydrogen-bond acceptors (Lipinski definition) is 4. The Kier molecular flexibility index (Phi) is 5.01. The van der Waals surface area contributed by atoms with Gasteiger partial charge in [0.15, 0.2) is 0 Å². The number of rotatable bonds is 6. The summed E-state index contributed by atoms with van der Waals surface area (Å²) in [7, 11) is 0. The number of aryl methyl sites for hydroxylation is 3. The van der Waals surface area contributed by atoms with Crippen molar-refractivity contribution < 1.29 is 4.42 Å². The predicted octanol–water partition coefficient (Wildman–Crippen LogP) is 2.88. The van der Waals surface area contributed by atoms with Crippen LogP contribution in [0.2, 0.25) is 0 Å². The summed E-state index contributed by atoms with van der Waals surface area (Å²) in [5, 5.41) is 4.62. The normalized spacial score (nSPS) is 12.8. The highest BCUT2D eigenvalue weighted by atomic mass is 79.9. The molecule has 0 saturated heterocycles. The highest BCUT2D eigenvalue weighted by Crippen LogP contribution is 2.28. The van der Waals surface area contributed by atoms with Crippen molar-refractivity contribution in [2.75, 3.05) is 0 Å². The molecule has 0 amide bonds. The fraction of sp³-hybridized carbons (Fsp3) is 0.500. The standard InChI is InChI=1S/C14H21BrN4O/c1-4-11-14(15)13(19(5-2)18-11)8-12(17-16)10-6-7-20-9(10)3/h6-7,12,17H,4-5,8,16H2,1-3H3. The van der Waals surface area contributed by atoms with Gasteiger partial charge in [-0.1, -0.05) is 6.92 Å². The zero-order valence-electron chi connectivity index (χ0n) is 12.1. The van der Waals surface area contributed by atoms with Crippen LogP contribution in [0.25, 0.3) is 0 Å². The molecule has 2 aromatic rings. The molecule has 0 aromatic carbocycles. The molecule has 0 radical (unpaired) electrons. The van der Waals surface area contributed by atoms with E-state index in [-0.39, 0.29) is 6.04 Å². The third kappa shape index (κ3) is 2.82. The molecule has 0 fully saturated rings. The minimum Gasteiger partial charge on any atom is -0.469 e. The van der Waals surface area contributed by atoms with Gasteiger partial charge >= 0.3 is 0 Å². The molecule has 6 heteroatoms. The number of aromatic nitrogens is 2. The van der Waals surface area contributed by atoms with E-state index in [1.807, 2.05) is 17.7 Å². The molecule has 2 rings (SSSR count). The number of hydrogen-bond donors (Lipinski definition) is 2. The summed E-state index contributed by atoms with van der Waals surface area (Å²) in [6.45, 7) is 6.99. The van der Waals surface area contributed by atoms with Crippen LogP contribution >= 0.6 is 15.9 Å². The van der Waals surface area contributed by atoms with Gasteiger partial charge in [0.25, 0.3) is 0 Å². The first-order valence-electron chi connectivity index (χ1n) is 6.86. The largest absolute Gasteiger partial charge is 0.469 e. The zero-order valence-corrected chi connectivity index (χ0v) is 13.7. The van der Waals surface area contributed by atoms with Gasteiger partial charge in [-0.2, -0.15) is 5.10 Å². The number of halogens is 1. The Morgan fingerprint density at radius 1 is 1.50 bits per heavy atom. The van der Waals surface area contributed by atoms with Crippen LogP contribution in [0.4, 0.5) is 0 Å². The molecule has 0 spiro atoms. The van der Waals surface area contributed by atoms with Crippen molar-refractivity contribution >= 4 is 15.9 Å². The Hall–Kier alpha value is -1.11. The van der Waals surface area contributed by atoms with Gasteiger partial charge in [0, 0.05) is 18.5 Å². The molecule has 0 aliphatic rings. The lowest BCUT2D eigenvalue weighted by atomic mass is 10.0. The minimum atomic E-state index is 0.0109. The van der Waals surface area contributed by atoms with E-state index in [4.69, 9.17) is 10.3 Å². The molecule has 110 valence electrons. The summed E-state index contributed by atoms with van der Waals surface area (Å²) in [4.78, 5) is 0. The lowest BCUT2D eigenvalue weighted by Crippen LogP contribution is -2.30. The van der Waals surface area contributed by atoms with Crippen molar-refractivity contribution in [3.8, 4) is 0 Å². The van der Waals surface area contributed by atoms with Crippen LogP contribution in [0, 0.1) is 6.92 Å². The van der Waals surface area contributed by atoms with Crippen LogP contribution in [-0.4, -0.2) is 9.78 Å². The van der Waals surface area contributed by atoms with Crippen molar-refractivity contribution in [1.29, 1.82) is 0 Å². The second-order valence-corrected chi connectivity index (χ2v) is 5.53. The Morgan fingerprint density at radius 2 is 2.25 bits per heavy atom. The van der Waals surface area contributed by atoms with Crippen molar-refractivity contribution in [1.82, 2.24) is 15.2 Å². The first kappa shape index (κ1) is 15.3. The van der Waals surface area contributed by atoms with Crippen molar-refractivity contribution in [2.45, 2.75) is 46.2 Å². The summed E-state index contributed by atoms with van der Waals surface area (Å²) in [6.07, 6.45) is 3.36. The maximum Gasteiger partial charge on any atom is 0.105 e. The molecule has 0 bridgehead atoms. The molecule has 0 aliphatic heterocycles. The van der Waals surface area contributed by atoms with Gasteiger partial charge in [-0.15, -0.1) is 0 Å². The SMILES string of the molecule is CCc1nn(CC)c(CC(NN)c2ccoc2C)c1Br. The second-order valence-electron chi connectivity index (χ2n) is 4.73. The van der Waals surface area contributed by atoms with Gasteiger partial charge in [-0.3, -0.25) is 16.0 Å². The predicted molar refractivity (Wildman–Crippen MR) is 82.2 cm³/mol. The summed E-state index contributed by atoms with van der Waals surface area (Å²) in [6, 6.07) is 1.97. The van der Waals surface area contributed by atoms with Gasteiger partial charge < -0.3 is 4.42 Å².